The fraction of sp³-hybridized carbons (Fsp3) is 0.333. The maximum absolute atomic E-state index is 13.3. The number of hydrogen-bond donors (Lipinski definition) is 2. The SMILES string of the molecule is C=C(/C=C\C=C/CC)c1c(-c2cccc(OC)c2C)cn2c1C(=O)NC(c1nccn1C)N2.CC.CC. The van der Waals surface area contributed by atoms with Crippen molar-refractivity contribution in [2.75, 3.05) is 12.5 Å². The van der Waals surface area contributed by atoms with Crippen molar-refractivity contribution in [2.45, 2.75) is 54.1 Å². The maximum atomic E-state index is 13.3. The van der Waals surface area contributed by atoms with Crippen LogP contribution in [-0.2, 0) is 7.05 Å². The van der Waals surface area contributed by atoms with Gasteiger partial charge in [0.25, 0.3) is 5.91 Å². The second-order valence-electron chi connectivity index (χ2n) is 7.92. The molecule has 0 radical (unpaired) electrons. The van der Waals surface area contributed by atoms with E-state index in [9.17, 15) is 4.79 Å². The molecule has 1 aliphatic heterocycles. The van der Waals surface area contributed by atoms with Crippen LogP contribution in [0.1, 0.15) is 74.6 Å². The largest absolute Gasteiger partial charge is 0.496 e. The van der Waals surface area contributed by atoms with E-state index in [1.165, 1.54) is 0 Å². The first kappa shape index (κ1) is 29.2. The van der Waals surface area contributed by atoms with Crippen molar-refractivity contribution in [1.82, 2.24) is 19.5 Å². The number of methoxy groups -OCH3 is 1. The van der Waals surface area contributed by atoms with E-state index in [4.69, 9.17) is 4.74 Å². The van der Waals surface area contributed by atoms with Crippen LogP contribution in [0.4, 0.5) is 0 Å². The molecular formula is C30H41N5O2. The van der Waals surface area contributed by atoms with Gasteiger partial charge >= 0.3 is 0 Å². The van der Waals surface area contributed by atoms with Gasteiger partial charge in [-0.05, 0) is 36.1 Å². The molecule has 0 saturated carbocycles. The van der Waals surface area contributed by atoms with Crippen molar-refractivity contribution in [3.63, 3.8) is 0 Å². The number of amides is 1. The van der Waals surface area contributed by atoms with Gasteiger partial charge in [0.2, 0.25) is 0 Å². The molecule has 1 amide bonds. The molecule has 0 spiro atoms. The molecular weight excluding hydrogens is 462 g/mol. The predicted octanol–water partition coefficient (Wildman–Crippen LogP) is 6.78. The predicted molar refractivity (Wildman–Crippen MR) is 154 cm³/mol. The van der Waals surface area contributed by atoms with Gasteiger partial charge in [-0.15, -0.1) is 0 Å². The van der Waals surface area contributed by atoms with Crippen LogP contribution in [0.25, 0.3) is 16.7 Å². The molecule has 1 unspecified atom stereocenters. The van der Waals surface area contributed by atoms with E-state index in [-0.39, 0.29) is 5.91 Å². The lowest BCUT2D eigenvalue weighted by Crippen LogP contribution is -2.45. The maximum Gasteiger partial charge on any atom is 0.272 e. The van der Waals surface area contributed by atoms with E-state index in [1.807, 2.05) is 95.1 Å². The van der Waals surface area contributed by atoms with Crippen molar-refractivity contribution >= 4 is 11.5 Å². The third-order valence-electron chi connectivity index (χ3n) is 5.78. The topological polar surface area (TPSA) is 73.1 Å². The molecule has 0 fully saturated rings. The van der Waals surface area contributed by atoms with Crippen LogP contribution in [0.2, 0.25) is 0 Å². The first-order valence-corrected chi connectivity index (χ1v) is 12.9. The fourth-order valence-electron chi connectivity index (χ4n) is 4.11. The van der Waals surface area contributed by atoms with Gasteiger partial charge in [-0.2, -0.15) is 0 Å². The van der Waals surface area contributed by atoms with Crippen LogP contribution < -0.4 is 15.5 Å². The van der Waals surface area contributed by atoms with Gasteiger partial charge in [0.15, 0.2) is 12.0 Å². The van der Waals surface area contributed by atoms with E-state index in [2.05, 4.69) is 35.3 Å². The average Bonchev–Trinajstić information content (AvgIpc) is 3.53. The number of benzene rings is 1. The van der Waals surface area contributed by atoms with E-state index in [0.29, 0.717) is 11.5 Å². The summed E-state index contributed by atoms with van der Waals surface area (Å²) in [5, 5.41) is 3.03. The number of aromatic nitrogens is 3. The number of aryl methyl sites for hydroxylation is 1. The van der Waals surface area contributed by atoms with Gasteiger partial charge in [0.1, 0.15) is 11.4 Å². The summed E-state index contributed by atoms with van der Waals surface area (Å²) >= 11 is 0. The van der Waals surface area contributed by atoms with Crippen LogP contribution >= 0.6 is 0 Å². The summed E-state index contributed by atoms with van der Waals surface area (Å²) in [7, 11) is 3.56. The zero-order valence-corrected chi connectivity index (χ0v) is 23.4. The summed E-state index contributed by atoms with van der Waals surface area (Å²) in [5.41, 5.74) is 8.27. The van der Waals surface area contributed by atoms with Crippen LogP contribution in [0.3, 0.4) is 0 Å². The van der Waals surface area contributed by atoms with Gasteiger partial charge in [-0.1, -0.05) is 77.6 Å². The Bertz CT molecular complexity index is 1260. The van der Waals surface area contributed by atoms with Gasteiger partial charge < -0.3 is 14.6 Å². The lowest BCUT2D eigenvalue weighted by Gasteiger charge is -2.28. The molecule has 0 bridgehead atoms. The lowest BCUT2D eigenvalue weighted by molar-refractivity contribution is 0.0912. The number of ether oxygens (including phenoxy) is 1. The molecule has 1 aromatic carbocycles. The summed E-state index contributed by atoms with van der Waals surface area (Å²) < 4.78 is 9.20. The van der Waals surface area contributed by atoms with Crippen molar-refractivity contribution < 1.29 is 9.53 Å². The third-order valence-corrected chi connectivity index (χ3v) is 5.78. The number of carbonyl (C=O) groups excluding carboxylic acids is 1. The molecule has 0 saturated heterocycles. The standard InChI is InChI=1S/C26H29N5O2.2C2H6/c1-6-7-8-9-11-17(2)22-20(19-12-10-13-21(33-5)18(19)3)16-31-23(22)26(32)28-24(29-31)25-27-14-15-30(25)4;2*1-2/h7-16,24,29H,2,6H2,1,3-5H3,(H,28,32);2*1-2H3/b8-7-,11-9-;;. The molecule has 3 heterocycles. The first-order chi connectivity index (χ1) is 18.0. The Morgan fingerprint density at radius 1 is 1.19 bits per heavy atom. The molecule has 1 aliphatic rings. The Balaban J connectivity index is 0.00000115. The Kier molecular flexibility index (Phi) is 11.0. The van der Waals surface area contributed by atoms with Crippen molar-refractivity contribution in [3.8, 4) is 16.9 Å². The number of imidazole rings is 1. The molecule has 3 aromatic rings. The normalized spacial score (nSPS) is 14.2. The molecule has 198 valence electrons. The third kappa shape index (κ3) is 6.23. The number of rotatable bonds is 7. The lowest BCUT2D eigenvalue weighted by atomic mass is 9.93. The van der Waals surface area contributed by atoms with Crippen LogP contribution in [0.5, 0.6) is 5.75 Å². The van der Waals surface area contributed by atoms with E-state index in [1.54, 1.807) is 18.0 Å². The molecule has 7 nitrogen and oxygen atoms in total. The highest BCUT2D eigenvalue weighted by atomic mass is 16.5. The summed E-state index contributed by atoms with van der Waals surface area (Å²) in [4.78, 5) is 17.7. The van der Waals surface area contributed by atoms with E-state index >= 15 is 0 Å². The molecule has 2 aromatic heterocycles. The number of fused-ring (bicyclic) bond motifs is 1. The van der Waals surface area contributed by atoms with Crippen LogP contribution in [0.15, 0.2) is 67.7 Å². The highest BCUT2D eigenvalue weighted by Crippen LogP contribution is 2.38. The van der Waals surface area contributed by atoms with Gasteiger partial charge in [0, 0.05) is 36.8 Å². The monoisotopic (exact) mass is 503 g/mol. The fourth-order valence-corrected chi connectivity index (χ4v) is 4.11. The molecule has 0 aliphatic carbocycles. The van der Waals surface area contributed by atoms with Gasteiger partial charge in [-0.3, -0.25) is 14.9 Å². The zero-order valence-electron chi connectivity index (χ0n) is 23.4. The number of hydrogen-bond acceptors (Lipinski definition) is 4. The first-order valence-electron chi connectivity index (χ1n) is 12.9. The van der Waals surface area contributed by atoms with Crippen LogP contribution in [0, 0.1) is 6.92 Å². The molecule has 2 N–H and O–H groups in total. The quantitative estimate of drug-likeness (QED) is 0.349. The van der Waals surface area contributed by atoms with Crippen molar-refractivity contribution in [1.29, 1.82) is 0 Å². The number of nitrogens with zero attached hydrogens (tertiary/aromatic N) is 3. The van der Waals surface area contributed by atoms with Crippen molar-refractivity contribution in [3.05, 3.63) is 90.3 Å². The van der Waals surface area contributed by atoms with E-state index < -0.39 is 6.17 Å². The Morgan fingerprint density at radius 3 is 2.54 bits per heavy atom. The molecule has 37 heavy (non-hydrogen) atoms. The minimum absolute atomic E-state index is 0.192. The second-order valence-corrected chi connectivity index (χ2v) is 7.92. The number of nitrogens with one attached hydrogen (secondary N) is 2. The molecule has 1 atom stereocenters. The summed E-state index contributed by atoms with van der Waals surface area (Å²) in [6.45, 7) is 16.4. The Labute approximate surface area is 221 Å². The van der Waals surface area contributed by atoms with Gasteiger partial charge in [-0.25, -0.2) is 4.98 Å². The minimum atomic E-state index is -0.458. The second kappa shape index (κ2) is 13.9. The average molecular weight is 504 g/mol. The zero-order chi connectivity index (χ0) is 27.5. The van der Waals surface area contributed by atoms with Crippen molar-refractivity contribution in [2.24, 2.45) is 7.05 Å². The smallest absolute Gasteiger partial charge is 0.272 e. The number of allylic oxidation sites excluding steroid dienone is 5. The van der Waals surface area contributed by atoms with Gasteiger partial charge in [0.05, 0.1) is 7.11 Å². The minimum Gasteiger partial charge on any atom is -0.496 e. The summed E-state index contributed by atoms with van der Waals surface area (Å²) in [5.74, 6) is 1.31. The Hall–Kier alpha value is -4.00. The molecule has 4 rings (SSSR count). The highest BCUT2D eigenvalue weighted by molar-refractivity contribution is 6.04. The summed E-state index contributed by atoms with van der Waals surface area (Å²) in [6.07, 6.45) is 13.9. The summed E-state index contributed by atoms with van der Waals surface area (Å²) in [6, 6.07) is 5.92. The highest BCUT2D eigenvalue weighted by Gasteiger charge is 2.32. The van der Waals surface area contributed by atoms with E-state index in [0.717, 1.165) is 40.0 Å². The number of carbonyl (C=O) groups is 1. The van der Waals surface area contributed by atoms with Crippen LogP contribution in [-0.4, -0.2) is 27.2 Å². The molecule has 7 heteroatoms. The Morgan fingerprint density at radius 2 is 1.92 bits per heavy atom.